The Balaban J connectivity index is 1.83. The van der Waals surface area contributed by atoms with Crippen LogP contribution in [0.25, 0.3) is 27.8 Å². The standard InChI is InChI=1S/C17H13F2N5O2/c1-9-2-13(10-3-12(7-20-4-10)26-17(18)19)23-14-8-24(16(25)15(9)14)11-5-21-22-6-11/h2-8,17,25H,1H3,(H,21,22). The predicted octanol–water partition coefficient (Wildman–Crippen LogP) is 3.43. The SMILES string of the molecule is Cc1cc(-c2cncc(OC(F)F)c2)nc2cn(-c3cn[nH]c3)c(O)c12. The molecule has 0 aliphatic rings. The number of hydrogen-bond donors (Lipinski definition) is 2. The van der Waals surface area contributed by atoms with Gasteiger partial charge in [0.05, 0.1) is 34.7 Å². The number of aryl methyl sites for hydroxylation is 1. The smallest absolute Gasteiger partial charge is 0.387 e. The molecule has 0 spiro atoms. The summed E-state index contributed by atoms with van der Waals surface area (Å²) < 4.78 is 30.8. The first-order valence-corrected chi connectivity index (χ1v) is 7.64. The van der Waals surface area contributed by atoms with Gasteiger partial charge in [-0.25, -0.2) is 4.98 Å². The van der Waals surface area contributed by atoms with Crippen LogP contribution < -0.4 is 4.74 Å². The number of fused-ring (bicyclic) bond motifs is 1. The maximum absolute atomic E-state index is 12.4. The minimum atomic E-state index is -2.93. The van der Waals surface area contributed by atoms with Crippen molar-refractivity contribution < 1.29 is 18.6 Å². The molecule has 9 heteroatoms. The number of alkyl halides is 2. The van der Waals surface area contributed by atoms with Crippen LogP contribution in [0.2, 0.25) is 0 Å². The molecule has 0 fully saturated rings. The summed E-state index contributed by atoms with van der Waals surface area (Å²) in [7, 11) is 0. The van der Waals surface area contributed by atoms with Gasteiger partial charge in [0.1, 0.15) is 5.75 Å². The highest BCUT2D eigenvalue weighted by Crippen LogP contribution is 2.34. The highest BCUT2D eigenvalue weighted by Gasteiger charge is 2.16. The molecule has 0 radical (unpaired) electrons. The van der Waals surface area contributed by atoms with E-state index in [1.165, 1.54) is 18.5 Å². The van der Waals surface area contributed by atoms with Crippen molar-refractivity contribution >= 4 is 10.9 Å². The van der Waals surface area contributed by atoms with Gasteiger partial charge in [0.2, 0.25) is 5.88 Å². The van der Waals surface area contributed by atoms with Crippen molar-refractivity contribution in [1.82, 2.24) is 24.7 Å². The van der Waals surface area contributed by atoms with E-state index in [-0.39, 0.29) is 11.6 Å². The number of pyridine rings is 2. The lowest BCUT2D eigenvalue weighted by Gasteiger charge is -2.07. The zero-order valence-electron chi connectivity index (χ0n) is 13.5. The monoisotopic (exact) mass is 357 g/mol. The summed E-state index contributed by atoms with van der Waals surface area (Å²) in [4.78, 5) is 8.45. The number of hydrogen-bond acceptors (Lipinski definition) is 5. The number of nitrogens with one attached hydrogen (secondary N) is 1. The van der Waals surface area contributed by atoms with Gasteiger partial charge in [0, 0.05) is 24.2 Å². The van der Waals surface area contributed by atoms with Crippen LogP contribution in [0, 0.1) is 6.92 Å². The molecule has 4 heterocycles. The lowest BCUT2D eigenvalue weighted by molar-refractivity contribution is -0.0500. The summed E-state index contributed by atoms with van der Waals surface area (Å²) >= 11 is 0. The van der Waals surface area contributed by atoms with Crippen molar-refractivity contribution in [1.29, 1.82) is 0 Å². The summed E-state index contributed by atoms with van der Waals surface area (Å²) in [6.07, 6.45) is 7.62. The largest absolute Gasteiger partial charge is 0.494 e. The number of H-pyrrole nitrogens is 1. The van der Waals surface area contributed by atoms with Gasteiger partial charge < -0.3 is 9.84 Å². The highest BCUT2D eigenvalue weighted by atomic mass is 19.3. The van der Waals surface area contributed by atoms with Crippen LogP contribution in [-0.4, -0.2) is 36.5 Å². The summed E-state index contributed by atoms with van der Waals surface area (Å²) in [5, 5.41) is 17.7. The first-order chi connectivity index (χ1) is 12.5. The topological polar surface area (TPSA) is 88.9 Å². The number of aromatic hydroxyl groups is 1. The van der Waals surface area contributed by atoms with Gasteiger partial charge in [-0.05, 0) is 24.6 Å². The zero-order valence-corrected chi connectivity index (χ0v) is 13.5. The second kappa shape index (κ2) is 6.10. The number of halogens is 2. The van der Waals surface area contributed by atoms with E-state index in [1.807, 2.05) is 6.92 Å². The van der Waals surface area contributed by atoms with Gasteiger partial charge in [-0.3, -0.25) is 14.6 Å². The summed E-state index contributed by atoms with van der Waals surface area (Å²) in [6, 6.07) is 3.20. The summed E-state index contributed by atoms with van der Waals surface area (Å²) in [5.74, 6) is 0.00160. The van der Waals surface area contributed by atoms with Crippen molar-refractivity contribution in [2.75, 3.05) is 0 Å². The molecule has 4 rings (SSSR count). The van der Waals surface area contributed by atoms with E-state index in [0.717, 1.165) is 5.56 Å². The minimum absolute atomic E-state index is 0.0455. The van der Waals surface area contributed by atoms with E-state index in [4.69, 9.17) is 0 Å². The molecule has 7 nitrogen and oxygen atoms in total. The van der Waals surface area contributed by atoms with Crippen LogP contribution in [-0.2, 0) is 0 Å². The third-order valence-electron chi connectivity index (χ3n) is 3.94. The molecule has 0 aliphatic heterocycles. The van der Waals surface area contributed by atoms with Crippen molar-refractivity contribution in [2.45, 2.75) is 13.5 Å². The van der Waals surface area contributed by atoms with Gasteiger partial charge in [-0.2, -0.15) is 13.9 Å². The second-order valence-corrected chi connectivity index (χ2v) is 5.65. The molecule has 0 amide bonds. The van der Waals surface area contributed by atoms with Gasteiger partial charge in [-0.15, -0.1) is 0 Å². The number of aromatic nitrogens is 5. The fourth-order valence-electron chi connectivity index (χ4n) is 2.83. The fraction of sp³-hybridized carbons (Fsp3) is 0.118. The Labute approximate surface area is 145 Å². The molecule has 2 N–H and O–H groups in total. The molecule has 0 aromatic carbocycles. The molecule has 26 heavy (non-hydrogen) atoms. The third kappa shape index (κ3) is 2.73. The predicted molar refractivity (Wildman–Crippen MR) is 89.5 cm³/mol. The Hall–Kier alpha value is -3.49. The molecule has 0 aliphatic carbocycles. The summed E-state index contributed by atoms with van der Waals surface area (Å²) in [5.41, 5.74) is 3.06. The van der Waals surface area contributed by atoms with Crippen molar-refractivity contribution in [2.24, 2.45) is 0 Å². The Bertz CT molecular complexity index is 1080. The molecule has 0 saturated heterocycles. The molecule has 0 bridgehead atoms. The Kier molecular flexibility index (Phi) is 3.76. The highest BCUT2D eigenvalue weighted by molar-refractivity contribution is 5.90. The van der Waals surface area contributed by atoms with Gasteiger partial charge in [-0.1, -0.05) is 0 Å². The fourth-order valence-corrected chi connectivity index (χ4v) is 2.83. The van der Waals surface area contributed by atoms with Gasteiger partial charge in [0.25, 0.3) is 0 Å². The Morgan fingerprint density at radius 3 is 2.81 bits per heavy atom. The van der Waals surface area contributed by atoms with Crippen LogP contribution in [0.3, 0.4) is 0 Å². The Morgan fingerprint density at radius 2 is 2.08 bits per heavy atom. The number of ether oxygens (including phenoxy) is 1. The number of aromatic amines is 1. The van der Waals surface area contributed by atoms with Crippen LogP contribution in [0.1, 0.15) is 5.56 Å². The Morgan fingerprint density at radius 1 is 1.23 bits per heavy atom. The maximum Gasteiger partial charge on any atom is 0.387 e. The molecule has 132 valence electrons. The molecule has 4 aromatic rings. The number of nitrogens with zero attached hydrogens (tertiary/aromatic N) is 4. The molecule has 4 aromatic heterocycles. The lowest BCUT2D eigenvalue weighted by atomic mass is 10.1. The molecular formula is C17H13F2N5O2. The number of rotatable bonds is 4. The average Bonchev–Trinajstić information content (AvgIpc) is 3.22. The first kappa shape index (κ1) is 16.0. The van der Waals surface area contributed by atoms with Crippen molar-refractivity contribution in [3.63, 3.8) is 0 Å². The maximum atomic E-state index is 12.4. The van der Waals surface area contributed by atoms with Gasteiger partial charge in [0.15, 0.2) is 0 Å². The average molecular weight is 357 g/mol. The zero-order chi connectivity index (χ0) is 18.3. The molecule has 0 saturated carbocycles. The van der Waals surface area contributed by atoms with E-state index >= 15 is 0 Å². The first-order valence-electron chi connectivity index (χ1n) is 7.64. The van der Waals surface area contributed by atoms with Crippen LogP contribution in [0.4, 0.5) is 8.78 Å². The van der Waals surface area contributed by atoms with Crippen LogP contribution in [0.5, 0.6) is 11.6 Å². The normalized spacial score (nSPS) is 11.4. The van der Waals surface area contributed by atoms with Gasteiger partial charge >= 0.3 is 6.61 Å². The van der Waals surface area contributed by atoms with E-state index in [9.17, 15) is 13.9 Å². The minimum Gasteiger partial charge on any atom is -0.494 e. The summed E-state index contributed by atoms with van der Waals surface area (Å²) in [6.45, 7) is -1.09. The van der Waals surface area contributed by atoms with E-state index in [1.54, 1.807) is 29.2 Å². The van der Waals surface area contributed by atoms with E-state index in [2.05, 4.69) is 24.9 Å². The lowest BCUT2D eigenvalue weighted by Crippen LogP contribution is -2.02. The molecule has 0 unspecified atom stereocenters. The third-order valence-corrected chi connectivity index (χ3v) is 3.94. The van der Waals surface area contributed by atoms with Crippen molar-refractivity contribution in [3.8, 4) is 28.6 Å². The molecule has 0 atom stereocenters. The second-order valence-electron chi connectivity index (χ2n) is 5.65. The molecular weight excluding hydrogens is 344 g/mol. The van der Waals surface area contributed by atoms with E-state index < -0.39 is 6.61 Å². The van der Waals surface area contributed by atoms with Crippen molar-refractivity contribution in [3.05, 3.63) is 48.7 Å². The van der Waals surface area contributed by atoms with E-state index in [0.29, 0.717) is 27.8 Å². The quantitative estimate of drug-likeness (QED) is 0.584. The van der Waals surface area contributed by atoms with Crippen LogP contribution >= 0.6 is 0 Å². The van der Waals surface area contributed by atoms with Crippen LogP contribution in [0.15, 0.2) is 43.1 Å².